The molecular formula is C11H17N5O. The second-order valence-electron chi connectivity index (χ2n) is 4.62. The molecule has 0 radical (unpaired) electrons. The van der Waals surface area contributed by atoms with E-state index >= 15 is 0 Å². The number of nitrogens with zero attached hydrogens (tertiary/aromatic N) is 4. The predicted octanol–water partition coefficient (Wildman–Crippen LogP) is 0.113. The number of aryl methyl sites for hydroxylation is 1. The van der Waals surface area contributed by atoms with E-state index in [-0.39, 0.29) is 11.6 Å². The first-order valence-corrected chi connectivity index (χ1v) is 5.63. The van der Waals surface area contributed by atoms with E-state index in [1.54, 1.807) is 22.5 Å². The monoisotopic (exact) mass is 235 g/mol. The molecule has 0 spiro atoms. The molecule has 6 nitrogen and oxygen atoms in total. The summed E-state index contributed by atoms with van der Waals surface area (Å²) in [4.78, 5) is 16.3. The summed E-state index contributed by atoms with van der Waals surface area (Å²) in [6.45, 7) is 4.55. The van der Waals surface area contributed by atoms with Gasteiger partial charge in [-0.2, -0.15) is 5.10 Å². The fraction of sp³-hybridized carbons (Fsp3) is 0.545. The molecule has 0 fully saturated rings. The van der Waals surface area contributed by atoms with Crippen LogP contribution in [-0.4, -0.2) is 25.4 Å². The van der Waals surface area contributed by atoms with Gasteiger partial charge in [0.1, 0.15) is 11.7 Å². The Labute approximate surface area is 99.1 Å². The van der Waals surface area contributed by atoms with Crippen LogP contribution >= 0.6 is 0 Å². The van der Waals surface area contributed by atoms with Crippen molar-refractivity contribution in [2.24, 2.45) is 18.7 Å². The Bertz CT molecular complexity index is 583. The van der Waals surface area contributed by atoms with Gasteiger partial charge in [0.05, 0.1) is 6.20 Å². The molecule has 0 aliphatic heterocycles. The first kappa shape index (κ1) is 11.8. The SMILES string of the molecule is CC(C)C(N)Cn1cnc2c(cnn2C)c1=O. The average Bonchev–Trinajstić information content (AvgIpc) is 2.65. The van der Waals surface area contributed by atoms with Gasteiger partial charge >= 0.3 is 0 Å². The lowest BCUT2D eigenvalue weighted by molar-refractivity contribution is 0.426. The predicted molar refractivity (Wildman–Crippen MR) is 65.6 cm³/mol. The molecule has 1 atom stereocenters. The third-order valence-electron chi connectivity index (χ3n) is 2.98. The van der Waals surface area contributed by atoms with Crippen molar-refractivity contribution in [1.82, 2.24) is 19.3 Å². The summed E-state index contributed by atoms with van der Waals surface area (Å²) in [6, 6.07) is -0.0522. The van der Waals surface area contributed by atoms with Crippen molar-refractivity contribution in [2.75, 3.05) is 0 Å². The van der Waals surface area contributed by atoms with Crippen molar-refractivity contribution in [3.63, 3.8) is 0 Å². The Morgan fingerprint density at radius 1 is 1.47 bits per heavy atom. The quantitative estimate of drug-likeness (QED) is 0.819. The van der Waals surface area contributed by atoms with Gasteiger partial charge in [-0.3, -0.25) is 14.0 Å². The van der Waals surface area contributed by atoms with E-state index in [0.717, 1.165) is 0 Å². The van der Waals surface area contributed by atoms with Crippen LogP contribution in [0.4, 0.5) is 0 Å². The summed E-state index contributed by atoms with van der Waals surface area (Å²) in [5, 5.41) is 4.55. The molecule has 2 aromatic rings. The largest absolute Gasteiger partial charge is 0.326 e. The van der Waals surface area contributed by atoms with Crippen molar-refractivity contribution in [3.05, 3.63) is 22.9 Å². The third-order valence-corrected chi connectivity index (χ3v) is 2.98. The lowest BCUT2D eigenvalue weighted by atomic mass is 10.1. The van der Waals surface area contributed by atoms with Crippen molar-refractivity contribution in [2.45, 2.75) is 26.4 Å². The highest BCUT2D eigenvalue weighted by Gasteiger charge is 2.12. The standard InChI is InChI=1S/C11H17N5O/c1-7(2)9(12)5-16-6-13-10-8(11(16)17)4-14-15(10)3/h4,6-7,9H,5,12H2,1-3H3. The average molecular weight is 235 g/mol. The van der Waals surface area contributed by atoms with Gasteiger partial charge in [0.15, 0.2) is 5.65 Å². The van der Waals surface area contributed by atoms with E-state index in [9.17, 15) is 4.79 Å². The molecule has 17 heavy (non-hydrogen) atoms. The molecule has 6 heteroatoms. The van der Waals surface area contributed by atoms with Gasteiger partial charge in [0.25, 0.3) is 5.56 Å². The summed E-state index contributed by atoms with van der Waals surface area (Å²) in [7, 11) is 1.76. The number of hydrogen-bond donors (Lipinski definition) is 1. The van der Waals surface area contributed by atoms with Crippen LogP contribution in [0.15, 0.2) is 17.3 Å². The van der Waals surface area contributed by atoms with Crippen LogP contribution in [0.3, 0.4) is 0 Å². The molecular weight excluding hydrogens is 218 g/mol. The number of nitrogens with two attached hydrogens (primary N) is 1. The molecule has 0 bridgehead atoms. The Morgan fingerprint density at radius 2 is 2.18 bits per heavy atom. The number of hydrogen-bond acceptors (Lipinski definition) is 4. The molecule has 0 amide bonds. The molecule has 0 saturated heterocycles. The van der Waals surface area contributed by atoms with Gasteiger partial charge in [-0.25, -0.2) is 4.98 Å². The third kappa shape index (κ3) is 2.08. The second-order valence-corrected chi connectivity index (χ2v) is 4.62. The van der Waals surface area contributed by atoms with Crippen LogP contribution in [-0.2, 0) is 13.6 Å². The van der Waals surface area contributed by atoms with Crippen LogP contribution < -0.4 is 11.3 Å². The summed E-state index contributed by atoms with van der Waals surface area (Å²) in [6.07, 6.45) is 3.08. The van der Waals surface area contributed by atoms with Crippen molar-refractivity contribution in [1.29, 1.82) is 0 Å². The lowest BCUT2D eigenvalue weighted by Gasteiger charge is -2.16. The first-order valence-electron chi connectivity index (χ1n) is 5.63. The van der Waals surface area contributed by atoms with E-state index in [1.807, 2.05) is 13.8 Å². The maximum Gasteiger partial charge on any atom is 0.264 e. The molecule has 2 heterocycles. The summed E-state index contributed by atoms with van der Waals surface area (Å²) in [5.74, 6) is 0.325. The zero-order chi connectivity index (χ0) is 12.6. The topological polar surface area (TPSA) is 78.7 Å². The molecule has 2 N–H and O–H groups in total. The number of rotatable bonds is 3. The van der Waals surface area contributed by atoms with E-state index in [1.165, 1.54) is 6.33 Å². The van der Waals surface area contributed by atoms with Gasteiger partial charge in [0, 0.05) is 19.6 Å². The Kier molecular flexibility index (Phi) is 2.97. The summed E-state index contributed by atoms with van der Waals surface area (Å²) in [5.41, 5.74) is 6.48. The van der Waals surface area contributed by atoms with Crippen molar-refractivity contribution < 1.29 is 0 Å². The smallest absolute Gasteiger partial charge is 0.264 e. The molecule has 2 aromatic heterocycles. The first-order chi connectivity index (χ1) is 8.00. The summed E-state index contributed by atoms with van der Waals surface area (Å²) < 4.78 is 3.14. The minimum Gasteiger partial charge on any atom is -0.326 e. The van der Waals surface area contributed by atoms with E-state index in [0.29, 0.717) is 23.5 Å². The van der Waals surface area contributed by atoms with Gasteiger partial charge in [-0.1, -0.05) is 13.8 Å². The van der Waals surface area contributed by atoms with Crippen LogP contribution in [0.25, 0.3) is 11.0 Å². The van der Waals surface area contributed by atoms with Gasteiger partial charge < -0.3 is 5.73 Å². The zero-order valence-electron chi connectivity index (χ0n) is 10.3. The Hall–Kier alpha value is -1.69. The number of fused-ring (bicyclic) bond motifs is 1. The number of aromatic nitrogens is 4. The molecule has 2 rings (SSSR count). The molecule has 92 valence electrons. The molecule has 0 aromatic carbocycles. The van der Waals surface area contributed by atoms with Gasteiger partial charge in [-0.05, 0) is 5.92 Å². The highest BCUT2D eigenvalue weighted by atomic mass is 16.1. The zero-order valence-corrected chi connectivity index (χ0v) is 10.3. The maximum absolute atomic E-state index is 12.1. The van der Waals surface area contributed by atoms with Gasteiger partial charge in [-0.15, -0.1) is 0 Å². The minimum absolute atomic E-state index is 0.0522. The van der Waals surface area contributed by atoms with E-state index in [4.69, 9.17) is 5.73 Å². The minimum atomic E-state index is -0.0841. The van der Waals surface area contributed by atoms with Crippen LogP contribution in [0.2, 0.25) is 0 Å². The Morgan fingerprint density at radius 3 is 2.82 bits per heavy atom. The molecule has 0 aliphatic rings. The molecule has 1 unspecified atom stereocenters. The van der Waals surface area contributed by atoms with Crippen LogP contribution in [0, 0.1) is 5.92 Å². The highest BCUT2D eigenvalue weighted by Crippen LogP contribution is 2.05. The van der Waals surface area contributed by atoms with Crippen LogP contribution in [0.1, 0.15) is 13.8 Å². The van der Waals surface area contributed by atoms with Crippen molar-refractivity contribution >= 4 is 11.0 Å². The fourth-order valence-corrected chi connectivity index (χ4v) is 1.63. The highest BCUT2D eigenvalue weighted by molar-refractivity contribution is 5.72. The van der Waals surface area contributed by atoms with Crippen LogP contribution in [0.5, 0.6) is 0 Å². The summed E-state index contributed by atoms with van der Waals surface area (Å²) >= 11 is 0. The molecule has 0 aliphatic carbocycles. The lowest BCUT2D eigenvalue weighted by Crippen LogP contribution is -2.35. The van der Waals surface area contributed by atoms with Crippen molar-refractivity contribution in [3.8, 4) is 0 Å². The van der Waals surface area contributed by atoms with Gasteiger partial charge in [0.2, 0.25) is 0 Å². The maximum atomic E-state index is 12.1. The van der Waals surface area contributed by atoms with E-state index in [2.05, 4.69) is 10.1 Å². The molecule has 0 saturated carbocycles. The normalized spacial score (nSPS) is 13.5. The van der Waals surface area contributed by atoms with E-state index < -0.39 is 0 Å². The Balaban J connectivity index is 2.43. The second kappa shape index (κ2) is 4.29. The fourth-order valence-electron chi connectivity index (χ4n) is 1.63.